The van der Waals surface area contributed by atoms with Gasteiger partial charge in [-0.15, -0.1) is 0 Å². The smallest absolute Gasteiger partial charge is 0.359 e. The molecule has 6 nitrogen and oxygen atoms in total. The van der Waals surface area contributed by atoms with Crippen molar-refractivity contribution in [1.82, 2.24) is 10.2 Å². The molecule has 3 rings (SSSR count). The van der Waals surface area contributed by atoms with Crippen LogP contribution in [0.5, 0.6) is 11.5 Å². The molecule has 0 aliphatic carbocycles. The zero-order valence-corrected chi connectivity index (χ0v) is 13.3. The van der Waals surface area contributed by atoms with Crippen LogP contribution in [0, 0.1) is 0 Å². The van der Waals surface area contributed by atoms with Gasteiger partial charge in [0.1, 0.15) is 24.7 Å². The van der Waals surface area contributed by atoms with Crippen molar-refractivity contribution in [2.24, 2.45) is 0 Å². The van der Waals surface area contributed by atoms with Gasteiger partial charge in [0, 0.05) is 5.39 Å². The van der Waals surface area contributed by atoms with Crippen molar-refractivity contribution in [2.45, 2.75) is 6.92 Å². The van der Waals surface area contributed by atoms with Gasteiger partial charge < -0.3 is 14.2 Å². The van der Waals surface area contributed by atoms with Gasteiger partial charge in [-0.2, -0.15) is 5.10 Å². The zero-order chi connectivity index (χ0) is 16.8. The molecule has 0 atom stereocenters. The lowest BCUT2D eigenvalue weighted by molar-refractivity contribution is 0.0446. The van der Waals surface area contributed by atoms with Gasteiger partial charge in [0.05, 0.1) is 12.1 Å². The summed E-state index contributed by atoms with van der Waals surface area (Å²) in [6.45, 7) is 2.97. The molecule has 0 aliphatic heterocycles. The average Bonchev–Trinajstić information content (AvgIpc) is 3.04. The van der Waals surface area contributed by atoms with Crippen LogP contribution in [-0.2, 0) is 4.74 Å². The lowest BCUT2D eigenvalue weighted by atomic mass is 10.2. The highest BCUT2D eigenvalue weighted by Gasteiger charge is 2.14. The van der Waals surface area contributed by atoms with E-state index in [0.717, 1.165) is 16.7 Å². The van der Waals surface area contributed by atoms with Gasteiger partial charge in [-0.1, -0.05) is 18.2 Å². The fraction of sp³-hybridized carbons (Fsp3) is 0.222. The Morgan fingerprint density at radius 3 is 2.46 bits per heavy atom. The summed E-state index contributed by atoms with van der Waals surface area (Å²) in [4.78, 5) is 12.1. The number of nitrogens with zero attached hydrogens (tertiary/aromatic N) is 1. The maximum Gasteiger partial charge on any atom is 0.359 e. The van der Waals surface area contributed by atoms with Crippen molar-refractivity contribution in [2.75, 3.05) is 19.8 Å². The molecule has 0 amide bonds. The van der Waals surface area contributed by atoms with Crippen LogP contribution >= 0.6 is 0 Å². The Bertz CT molecular complexity index is 811. The molecule has 0 bridgehead atoms. The van der Waals surface area contributed by atoms with Gasteiger partial charge in [0.2, 0.25) is 0 Å². The molecule has 6 heteroatoms. The Balaban J connectivity index is 1.48. The summed E-state index contributed by atoms with van der Waals surface area (Å²) in [5, 5.41) is 7.56. The number of carbonyl (C=O) groups is 1. The highest BCUT2D eigenvalue weighted by molar-refractivity contribution is 6.01. The molecule has 3 aromatic rings. The molecule has 0 fully saturated rings. The summed E-state index contributed by atoms with van der Waals surface area (Å²) in [5.74, 6) is 1.02. The number of ether oxygens (including phenoxy) is 3. The lowest BCUT2D eigenvalue weighted by Crippen LogP contribution is -2.13. The molecule has 0 spiro atoms. The Labute approximate surface area is 139 Å². The molecular weight excluding hydrogens is 308 g/mol. The second-order valence-corrected chi connectivity index (χ2v) is 5.01. The minimum Gasteiger partial charge on any atom is -0.494 e. The van der Waals surface area contributed by atoms with Gasteiger partial charge in [0.15, 0.2) is 5.69 Å². The van der Waals surface area contributed by atoms with E-state index in [1.807, 2.05) is 55.5 Å². The Morgan fingerprint density at radius 2 is 1.71 bits per heavy atom. The van der Waals surface area contributed by atoms with Crippen LogP contribution < -0.4 is 9.47 Å². The van der Waals surface area contributed by atoms with Crippen LogP contribution in [0.2, 0.25) is 0 Å². The van der Waals surface area contributed by atoms with Gasteiger partial charge in [0.25, 0.3) is 0 Å². The number of carbonyl (C=O) groups excluding carboxylic acids is 1. The van der Waals surface area contributed by atoms with Crippen LogP contribution in [0.25, 0.3) is 10.9 Å². The number of fused-ring (bicyclic) bond motifs is 1. The highest BCUT2D eigenvalue weighted by atomic mass is 16.6. The molecule has 0 saturated heterocycles. The minimum atomic E-state index is -0.470. The number of hydrogen-bond acceptors (Lipinski definition) is 5. The van der Waals surface area contributed by atoms with E-state index in [2.05, 4.69) is 10.2 Å². The normalized spacial score (nSPS) is 10.5. The van der Waals surface area contributed by atoms with Crippen LogP contribution in [0.4, 0.5) is 0 Å². The first-order valence-corrected chi connectivity index (χ1v) is 7.74. The van der Waals surface area contributed by atoms with Gasteiger partial charge in [-0.25, -0.2) is 4.79 Å². The molecule has 2 aromatic carbocycles. The third kappa shape index (κ3) is 3.65. The number of H-pyrrole nitrogens is 1. The van der Waals surface area contributed by atoms with Gasteiger partial charge in [-0.3, -0.25) is 5.10 Å². The first-order valence-electron chi connectivity index (χ1n) is 7.74. The molecule has 0 aliphatic rings. The topological polar surface area (TPSA) is 73.4 Å². The molecule has 1 aromatic heterocycles. The summed E-state index contributed by atoms with van der Waals surface area (Å²) < 4.78 is 16.1. The number of para-hydroxylation sites is 1. The molecule has 0 radical (unpaired) electrons. The minimum absolute atomic E-state index is 0.146. The van der Waals surface area contributed by atoms with Crippen molar-refractivity contribution in [1.29, 1.82) is 0 Å². The second kappa shape index (κ2) is 7.50. The van der Waals surface area contributed by atoms with Crippen molar-refractivity contribution < 1.29 is 19.0 Å². The summed E-state index contributed by atoms with van der Waals surface area (Å²) in [6, 6.07) is 14.7. The summed E-state index contributed by atoms with van der Waals surface area (Å²) in [7, 11) is 0. The number of aromatic amines is 1. The van der Waals surface area contributed by atoms with Crippen molar-refractivity contribution in [3.05, 3.63) is 54.2 Å². The maximum absolute atomic E-state index is 12.1. The monoisotopic (exact) mass is 326 g/mol. The predicted molar refractivity (Wildman–Crippen MR) is 89.5 cm³/mol. The number of aromatic nitrogens is 2. The first-order chi connectivity index (χ1) is 11.8. The largest absolute Gasteiger partial charge is 0.494 e. The Morgan fingerprint density at radius 1 is 1.00 bits per heavy atom. The molecule has 0 saturated carbocycles. The highest BCUT2D eigenvalue weighted by Crippen LogP contribution is 2.18. The second-order valence-electron chi connectivity index (χ2n) is 5.01. The zero-order valence-electron chi connectivity index (χ0n) is 13.3. The summed E-state index contributed by atoms with van der Waals surface area (Å²) >= 11 is 0. The fourth-order valence-corrected chi connectivity index (χ4v) is 2.28. The van der Waals surface area contributed by atoms with Crippen LogP contribution in [0.1, 0.15) is 17.4 Å². The van der Waals surface area contributed by atoms with E-state index in [9.17, 15) is 4.79 Å². The van der Waals surface area contributed by atoms with E-state index in [1.165, 1.54) is 0 Å². The van der Waals surface area contributed by atoms with E-state index in [-0.39, 0.29) is 18.9 Å². The van der Waals surface area contributed by atoms with Crippen LogP contribution in [0.3, 0.4) is 0 Å². The fourth-order valence-electron chi connectivity index (χ4n) is 2.28. The standard InChI is InChI=1S/C18H18N2O4/c1-2-22-13-7-9-14(10-8-13)23-11-12-24-18(21)17-15-5-3-4-6-16(15)19-20-17/h3-10H,2,11-12H2,1H3,(H,19,20). The third-order valence-electron chi connectivity index (χ3n) is 3.38. The van der Waals surface area contributed by atoms with Crippen molar-refractivity contribution in [3.63, 3.8) is 0 Å². The SMILES string of the molecule is CCOc1ccc(OCCOC(=O)c2n[nH]c3ccccc23)cc1. The number of esters is 1. The Hall–Kier alpha value is -3.02. The number of rotatable bonds is 7. The quantitative estimate of drug-likeness (QED) is 0.533. The Kier molecular flexibility index (Phi) is 4.96. The summed E-state index contributed by atoms with van der Waals surface area (Å²) in [6.07, 6.45) is 0. The van der Waals surface area contributed by atoms with E-state index in [0.29, 0.717) is 12.4 Å². The lowest BCUT2D eigenvalue weighted by Gasteiger charge is -2.08. The van der Waals surface area contributed by atoms with E-state index in [4.69, 9.17) is 14.2 Å². The van der Waals surface area contributed by atoms with Crippen molar-refractivity contribution >= 4 is 16.9 Å². The predicted octanol–water partition coefficient (Wildman–Crippen LogP) is 3.20. The van der Waals surface area contributed by atoms with Gasteiger partial charge >= 0.3 is 5.97 Å². The molecule has 124 valence electrons. The number of hydrogen-bond donors (Lipinski definition) is 1. The van der Waals surface area contributed by atoms with E-state index >= 15 is 0 Å². The van der Waals surface area contributed by atoms with Crippen LogP contribution in [0.15, 0.2) is 48.5 Å². The molecule has 0 unspecified atom stereocenters. The average molecular weight is 326 g/mol. The number of nitrogens with one attached hydrogen (secondary N) is 1. The molecule has 24 heavy (non-hydrogen) atoms. The number of benzene rings is 2. The van der Waals surface area contributed by atoms with E-state index in [1.54, 1.807) is 0 Å². The van der Waals surface area contributed by atoms with E-state index < -0.39 is 5.97 Å². The first kappa shape index (κ1) is 15.9. The van der Waals surface area contributed by atoms with Crippen LogP contribution in [-0.4, -0.2) is 36.0 Å². The maximum atomic E-state index is 12.1. The van der Waals surface area contributed by atoms with Gasteiger partial charge in [-0.05, 0) is 37.3 Å². The summed E-state index contributed by atoms with van der Waals surface area (Å²) in [5.41, 5.74) is 1.08. The molecule has 1 heterocycles. The third-order valence-corrected chi connectivity index (χ3v) is 3.38. The molecular formula is C18H18N2O4. The molecule has 1 N–H and O–H groups in total. The van der Waals surface area contributed by atoms with Crippen molar-refractivity contribution in [3.8, 4) is 11.5 Å².